The Morgan fingerprint density at radius 2 is 1.68 bits per heavy atom. The van der Waals surface area contributed by atoms with Gasteiger partial charge >= 0.3 is 0 Å². The summed E-state index contributed by atoms with van der Waals surface area (Å²) in [5, 5.41) is 5.13. The van der Waals surface area contributed by atoms with Crippen molar-refractivity contribution in [3.8, 4) is 0 Å². The summed E-state index contributed by atoms with van der Waals surface area (Å²) in [7, 11) is 3.88. The molecule has 0 heterocycles. The standard InChI is InChI=1S/C21H21FN2O/c1-24(2)20(16-9-11-19(22)12-10-16)14-23-21(25)18-8-7-15-5-3-4-6-17(15)13-18/h3-13,20H,14H2,1-2H3,(H,23,25)/t20-/m1/s1. The number of fused-ring (bicyclic) bond motifs is 1. The number of hydrogen-bond acceptors (Lipinski definition) is 2. The number of rotatable bonds is 5. The van der Waals surface area contributed by atoms with E-state index in [9.17, 15) is 9.18 Å². The molecule has 1 N–H and O–H groups in total. The molecule has 3 aromatic carbocycles. The molecule has 0 radical (unpaired) electrons. The largest absolute Gasteiger partial charge is 0.350 e. The summed E-state index contributed by atoms with van der Waals surface area (Å²) in [6, 6.07) is 20.0. The predicted octanol–water partition coefficient (Wildman–Crippen LogP) is 4.01. The van der Waals surface area contributed by atoms with Crippen LogP contribution in [0.15, 0.2) is 66.7 Å². The van der Waals surface area contributed by atoms with Crippen molar-refractivity contribution in [1.29, 1.82) is 0 Å². The van der Waals surface area contributed by atoms with Crippen LogP contribution in [-0.2, 0) is 0 Å². The van der Waals surface area contributed by atoms with Gasteiger partial charge in [-0.1, -0.05) is 42.5 Å². The molecule has 0 saturated carbocycles. The quantitative estimate of drug-likeness (QED) is 0.763. The first-order chi connectivity index (χ1) is 12.0. The summed E-state index contributed by atoms with van der Waals surface area (Å²) in [6.45, 7) is 0.449. The molecule has 0 fully saturated rings. The second-order valence-corrected chi connectivity index (χ2v) is 6.30. The zero-order valence-electron chi connectivity index (χ0n) is 14.4. The fourth-order valence-corrected chi connectivity index (χ4v) is 2.91. The first-order valence-corrected chi connectivity index (χ1v) is 8.23. The van der Waals surface area contributed by atoms with Crippen LogP contribution >= 0.6 is 0 Å². The van der Waals surface area contributed by atoms with E-state index in [1.807, 2.05) is 61.5 Å². The number of amides is 1. The van der Waals surface area contributed by atoms with E-state index in [0.29, 0.717) is 12.1 Å². The molecule has 0 bridgehead atoms. The molecule has 128 valence electrons. The van der Waals surface area contributed by atoms with Gasteiger partial charge in [-0.2, -0.15) is 0 Å². The Morgan fingerprint density at radius 1 is 1.00 bits per heavy atom. The van der Waals surface area contributed by atoms with E-state index in [1.165, 1.54) is 12.1 Å². The second kappa shape index (κ2) is 7.45. The molecule has 0 unspecified atom stereocenters. The summed E-state index contributed by atoms with van der Waals surface area (Å²) >= 11 is 0. The SMILES string of the molecule is CN(C)[C@H](CNC(=O)c1ccc2ccccc2c1)c1ccc(F)cc1. The lowest BCUT2D eigenvalue weighted by Crippen LogP contribution is -2.34. The van der Waals surface area contributed by atoms with Gasteiger partial charge in [0.25, 0.3) is 5.91 Å². The Bertz CT molecular complexity index is 874. The van der Waals surface area contributed by atoms with Crippen molar-refractivity contribution in [3.05, 3.63) is 83.7 Å². The Hall–Kier alpha value is -2.72. The third-order valence-corrected chi connectivity index (χ3v) is 4.35. The van der Waals surface area contributed by atoms with Crippen LogP contribution in [-0.4, -0.2) is 31.4 Å². The molecule has 0 aliphatic heterocycles. The molecule has 0 spiro atoms. The first-order valence-electron chi connectivity index (χ1n) is 8.23. The Balaban J connectivity index is 1.73. The van der Waals surface area contributed by atoms with Gasteiger partial charge in [-0.3, -0.25) is 4.79 Å². The summed E-state index contributed by atoms with van der Waals surface area (Å²) in [5.74, 6) is -0.374. The molecule has 3 nitrogen and oxygen atoms in total. The predicted molar refractivity (Wildman–Crippen MR) is 99.1 cm³/mol. The average Bonchev–Trinajstić information content (AvgIpc) is 2.62. The maximum atomic E-state index is 13.1. The maximum Gasteiger partial charge on any atom is 0.251 e. The number of benzene rings is 3. The Morgan fingerprint density at radius 3 is 2.36 bits per heavy atom. The lowest BCUT2D eigenvalue weighted by molar-refractivity contribution is 0.0942. The fraction of sp³-hybridized carbons (Fsp3) is 0.190. The highest BCUT2D eigenvalue weighted by molar-refractivity contribution is 5.98. The van der Waals surface area contributed by atoms with Gasteiger partial charge in [0.2, 0.25) is 0 Å². The van der Waals surface area contributed by atoms with Gasteiger partial charge in [-0.15, -0.1) is 0 Å². The third kappa shape index (κ3) is 4.03. The minimum atomic E-state index is -0.263. The van der Waals surface area contributed by atoms with Crippen molar-refractivity contribution in [1.82, 2.24) is 10.2 Å². The van der Waals surface area contributed by atoms with Crippen LogP contribution < -0.4 is 5.32 Å². The monoisotopic (exact) mass is 336 g/mol. The Kier molecular flexibility index (Phi) is 5.10. The Labute approximate surface area is 147 Å². The molecule has 3 rings (SSSR count). The van der Waals surface area contributed by atoms with Gasteiger partial charge in [0.15, 0.2) is 0 Å². The van der Waals surface area contributed by atoms with E-state index in [2.05, 4.69) is 5.32 Å². The van der Waals surface area contributed by atoms with Gasteiger partial charge in [0, 0.05) is 12.1 Å². The molecule has 0 aromatic heterocycles. The highest BCUT2D eigenvalue weighted by Crippen LogP contribution is 2.19. The highest BCUT2D eigenvalue weighted by atomic mass is 19.1. The van der Waals surface area contributed by atoms with E-state index in [0.717, 1.165) is 16.3 Å². The first kappa shape index (κ1) is 17.1. The van der Waals surface area contributed by atoms with Crippen LogP contribution in [0, 0.1) is 5.82 Å². The molecule has 3 aromatic rings. The summed E-state index contributed by atoms with van der Waals surface area (Å²) < 4.78 is 13.1. The van der Waals surface area contributed by atoms with Crippen molar-refractivity contribution >= 4 is 16.7 Å². The summed E-state index contributed by atoms with van der Waals surface area (Å²) in [5.41, 5.74) is 1.60. The average molecular weight is 336 g/mol. The molecule has 1 atom stereocenters. The number of carbonyl (C=O) groups excluding carboxylic acids is 1. The highest BCUT2D eigenvalue weighted by Gasteiger charge is 2.16. The molecule has 0 aliphatic carbocycles. The number of nitrogens with zero attached hydrogens (tertiary/aromatic N) is 1. The van der Waals surface area contributed by atoms with E-state index < -0.39 is 0 Å². The number of likely N-dealkylation sites (N-methyl/N-ethyl adjacent to an activating group) is 1. The zero-order chi connectivity index (χ0) is 17.8. The van der Waals surface area contributed by atoms with E-state index in [1.54, 1.807) is 12.1 Å². The molecule has 0 aliphatic rings. The number of nitrogens with one attached hydrogen (secondary N) is 1. The van der Waals surface area contributed by atoms with Crippen molar-refractivity contribution in [3.63, 3.8) is 0 Å². The van der Waals surface area contributed by atoms with Crippen LogP contribution in [0.25, 0.3) is 10.8 Å². The molecular formula is C21H21FN2O. The van der Waals surface area contributed by atoms with Crippen molar-refractivity contribution < 1.29 is 9.18 Å². The van der Waals surface area contributed by atoms with Gasteiger partial charge < -0.3 is 10.2 Å². The van der Waals surface area contributed by atoms with Gasteiger partial charge in [0.1, 0.15) is 5.82 Å². The van der Waals surface area contributed by atoms with Crippen LogP contribution in [0.1, 0.15) is 22.0 Å². The third-order valence-electron chi connectivity index (χ3n) is 4.35. The van der Waals surface area contributed by atoms with E-state index in [-0.39, 0.29) is 17.8 Å². The van der Waals surface area contributed by atoms with Crippen molar-refractivity contribution in [2.45, 2.75) is 6.04 Å². The number of hydrogen-bond donors (Lipinski definition) is 1. The van der Waals surface area contributed by atoms with Crippen molar-refractivity contribution in [2.24, 2.45) is 0 Å². The maximum absolute atomic E-state index is 13.1. The smallest absolute Gasteiger partial charge is 0.251 e. The molecule has 0 saturated heterocycles. The fourth-order valence-electron chi connectivity index (χ4n) is 2.91. The van der Waals surface area contributed by atoms with Crippen LogP contribution in [0.4, 0.5) is 4.39 Å². The van der Waals surface area contributed by atoms with Crippen LogP contribution in [0.5, 0.6) is 0 Å². The minimum absolute atomic E-state index is 0.0231. The molecular weight excluding hydrogens is 315 g/mol. The molecule has 25 heavy (non-hydrogen) atoms. The lowest BCUT2D eigenvalue weighted by atomic mass is 10.0. The van der Waals surface area contributed by atoms with E-state index >= 15 is 0 Å². The van der Waals surface area contributed by atoms with E-state index in [4.69, 9.17) is 0 Å². The molecule has 1 amide bonds. The molecule has 4 heteroatoms. The normalized spacial score (nSPS) is 12.3. The van der Waals surface area contributed by atoms with Crippen LogP contribution in [0.3, 0.4) is 0 Å². The number of carbonyl (C=O) groups is 1. The minimum Gasteiger partial charge on any atom is -0.350 e. The topological polar surface area (TPSA) is 32.3 Å². The van der Waals surface area contributed by atoms with Crippen LogP contribution in [0.2, 0.25) is 0 Å². The second-order valence-electron chi connectivity index (χ2n) is 6.30. The van der Waals surface area contributed by atoms with Gasteiger partial charge in [0.05, 0.1) is 6.04 Å². The number of halogens is 1. The summed E-state index contributed by atoms with van der Waals surface area (Å²) in [4.78, 5) is 14.5. The van der Waals surface area contributed by atoms with Gasteiger partial charge in [-0.25, -0.2) is 4.39 Å². The zero-order valence-corrected chi connectivity index (χ0v) is 14.4. The van der Waals surface area contributed by atoms with Crippen molar-refractivity contribution in [2.75, 3.05) is 20.6 Å². The summed E-state index contributed by atoms with van der Waals surface area (Å²) in [6.07, 6.45) is 0. The lowest BCUT2D eigenvalue weighted by Gasteiger charge is -2.25. The van der Waals surface area contributed by atoms with Gasteiger partial charge in [-0.05, 0) is 54.7 Å².